The lowest BCUT2D eigenvalue weighted by atomic mass is 10.2. The second-order valence-corrected chi connectivity index (χ2v) is 7.42. The van der Waals surface area contributed by atoms with Gasteiger partial charge in [-0.3, -0.25) is 4.72 Å². The van der Waals surface area contributed by atoms with Gasteiger partial charge in [0.15, 0.2) is 0 Å². The van der Waals surface area contributed by atoms with Crippen LogP contribution in [0.2, 0.25) is 0 Å². The van der Waals surface area contributed by atoms with E-state index in [4.69, 9.17) is 4.74 Å². The highest BCUT2D eigenvalue weighted by molar-refractivity contribution is 7.93. The summed E-state index contributed by atoms with van der Waals surface area (Å²) in [6.45, 7) is 4.09. The molecule has 23 heavy (non-hydrogen) atoms. The van der Waals surface area contributed by atoms with Crippen molar-refractivity contribution in [3.63, 3.8) is 0 Å². The van der Waals surface area contributed by atoms with Gasteiger partial charge in [-0.05, 0) is 24.6 Å². The van der Waals surface area contributed by atoms with Crippen LogP contribution in [0.5, 0.6) is 0 Å². The fourth-order valence-electron chi connectivity index (χ4n) is 2.18. The number of morpholine rings is 1. The van der Waals surface area contributed by atoms with Crippen LogP contribution in [0.15, 0.2) is 23.1 Å². The molecule has 3 rings (SSSR count). The van der Waals surface area contributed by atoms with Crippen LogP contribution in [0.4, 0.5) is 15.5 Å². The predicted molar refractivity (Wildman–Crippen MR) is 84.9 cm³/mol. The number of ether oxygens (including phenoxy) is 1. The number of nitrogens with one attached hydrogen (secondary N) is 1. The molecule has 1 aromatic heterocycles. The highest BCUT2D eigenvalue weighted by atomic mass is 32.2. The van der Waals surface area contributed by atoms with E-state index in [1.54, 1.807) is 6.92 Å². The number of halogens is 1. The van der Waals surface area contributed by atoms with Crippen molar-refractivity contribution in [1.29, 1.82) is 0 Å². The minimum absolute atomic E-state index is 0.111. The maximum atomic E-state index is 13.3. The monoisotopic (exact) mass is 358 g/mol. The molecule has 0 amide bonds. The molecule has 1 aliphatic rings. The highest BCUT2D eigenvalue weighted by Crippen LogP contribution is 2.24. The van der Waals surface area contributed by atoms with Gasteiger partial charge in [-0.2, -0.15) is 9.36 Å². The summed E-state index contributed by atoms with van der Waals surface area (Å²) in [6.07, 6.45) is 0. The summed E-state index contributed by atoms with van der Waals surface area (Å²) < 4.78 is 49.9. The SMILES string of the molecule is Cc1ccc(F)cc1S(=O)(=O)Nc1nc(N2CCOCC2)ns1. The van der Waals surface area contributed by atoms with Crippen LogP contribution in [0, 0.1) is 12.7 Å². The van der Waals surface area contributed by atoms with Crippen molar-refractivity contribution >= 4 is 32.6 Å². The Kier molecular flexibility index (Phi) is 4.46. The van der Waals surface area contributed by atoms with Gasteiger partial charge in [0.05, 0.1) is 18.1 Å². The first-order chi connectivity index (χ1) is 11.0. The van der Waals surface area contributed by atoms with Gasteiger partial charge in [-0.1, -0.05) is 6.07 Å². The average molecular weight is 358 g/mol. The Morgan fingerprint density at radius 1 is 1.35 bits per heavy atom. The third-order valence-electron chi connectivity index (χ3n) is 3.37. The quantitative estimate of drug-likeness (QED) is 0.894. The zero-order chi connectivity index (χ0) is 16.4. The van der Waals surface area contributed by atoms with Gasteiger partial charge in [0.1, 0.15) is 5.82 Å². The molecular weight excluding hydrogens is 343 g/mol. The maximum absolute atomic E-state index is 13.3. The Morgan fingerprint density at radius 2 is 2.09 bits per heavy atom. The van der Waals surface area contributed by atoms with E-state index in [0.717, 1.165) is 17.6 Å². The molecule has 1 aliphatic heterocycles. The number of aromatic nitrogens is 2. The van der Waals surface area contributed by atoms with Crippen LogP contribution >= 0.6 is 11.5 Å². The lowest BCUT2D eigenvalue weighted by Gasteiger charge is -2.25. The number of aryl methyl sites for hydroxylation is 1. The molecule has 0 atom stereocenters. The number of sulfonamides is 1. The second kappa shape index (κ2) is 6.38. The van der Waals surface area contributed by atoms with Crippen LogP contribution in [0.3, 0.4) is 0 Å². The Balaban J connectivity index is 1.81. The Hall–Kier alpha value is -1.78. The smallest absolute Gasteiger partial charge is 0.264 e. The molecule has 0 unspecified atom stereocenters. The Labute approximate surface area is 137 Å². The molecule has 1 N–H and O–H groups in total. The van der Waals surface area contributed by atoms with Gasteiger partial charge in [-0.15, -0.1) is 0 Å². The fourth-order valence-corrected chi connectivity index (χ4v) is 4.25. The maximum Gasteiger partial charge on any atom is 0.264 e. The summed E-state index contributed by atoms with van der Waals surface area (Å²) in [5.74, 6) is -0.144. The van der Waals surface area contributed by atoms with Crippen LogP contribution in [0.25, 0.3) is 0 Å². The minimum Gasteiger partial charge on any atom is -0.378 e. The predicted octanol–water partition coefficient (Wildman–Crippen LogP) is 1.62. The van der Waals surface area contributed by atoms with Gasteiger partial charge >= 0.3 is 0 Å². The van der Waals surface area contributed by atoms with Crippen molar-refractivity contribution in [3.8, 4) is 0 Å². The molecule has 1 saturated heterocycles. The summed E-state index contributed by atoms with van der Waals surface area (Å²) in [7, 11) is -3.91. The third-order valence-corrected chi connectivity index (χ3v) is 5.60. The second-order valence-electron chi connectivity index (χ2n) is 5.01. The molecule has 0 bridgehead atoms. The molecule has 0 spiro atoms. The molecule has 10 heteroatoms. The molecule has 124 valence electrons. The van der Waals surface area contributed by atoms with E-state index in [1.807, 2.05) is 4.90 Å². The largest absolute Gasteiger partial charge is 0.378 e. The number of hydrogen-bond donors (Lipinski definition) is 1. The van der Waals surface area contributed by atoms with Crippen molar-refractivity contribution in [2.24, 2.45) is 0 Å². The van der Waals surface area contributed by atoms with Crippen LogP contribution in [0.1, 0.15) is 5.56 Å². The molecule has 2 aromatic rings. The minimum atomic E-state index is -3.91. The summed E-state index contributed by atoms with van der Waals surface area (Å²) in [6, 6.07) is 3.63. The standard InChI is InChI=1S/C13H15FN4O3S2/c1-9-2-3-10(14)8-11(9)23(19,20)17-13-15-12(16-22-13)18-4-6-21-7-5-18/h2-3,8H,4-7H2,1H3,(H,15,16,17). The Morgan fingerprint density at radius 3 is 2.83 bits per heavy atom. The van der Waals surface area contributed by atoms with Gasteiger partial charge in [0.2, 0.25) is 11.1 Å². The zero-order valence-corrected chi connectivity index (χ0v) is 14.0. The first kappa shape index (κ1) is 16.1. The van der Waals surface area contributed by atoms with Gasteiger partial charge in [0.25, 0.3) is 10.0 Å². The summed E-state index contributed by atoms with van der Waals surface area (Å²) in [5.41, 5.74) is 0.455. The van der Waals surface area contributed by atoms with E-state index < -0.39 is 15.8 Å². The number of rotatable bonds is 4. The van der Waals surface area contributed by atoms with Crippen LogP contribution in [-0.4, -0.2) is 44.1 Å². The summed E-state index contributed by atoms with van der Waals surface area (Å²) >= 11 is 0.947. The van der Waals surface area contributed by atoms with Crippen molar-refractivity contribution in [1.82, 2.24) is 9.36 Å². The van der Waals surface area contributed by atoms with Crippen molar-refractivity contribution in [3.05, 3.63) is 29.6 Å². The van der Waals surface area contributed by atoms with E-state index in [2.05, 4.69) is 14.1 Å². The van der Waals surface area contributed by atoms with Crippen molar-refractivity contribution < 1.29 is 17.5 Å². The molecular formula is C13H15FN4O3S2. The van der Waals surface area contributed by atoms with Crippen molar-refractivity contribution in [2.45, 2.75) is 11.8 Å². The number of hydrogen-bond acceptors (Lipinski definition) is 7. The van der Waals surface area contributed by atoms with Crippen molar-refractivity contribution in [2.75, 3.05) is 35.9 Å². The fraction of sp³-hybridized carbons (Fsp3) is 0.385. The number of benzene rings is 1. The normalized spacial score (nSPS) is 15.7. The summed E-state index contributed by atoms with van der Waals surface area (Å²) in [4.78, 5) is 6.00. The van der Waals surface area contributed by atoms with E-state index >= 15 is 0 Å². The van der Waals surface area contributed by atoms with Gasteiger partial charge < -0.3 is 9.64 Å². The molecule has 1 aromatic carbocycles. The summed E-state index contributed by atoms with van der Waals surface area (Å²) in [5, 5.41) is 0.148. The average Bonchev–Trinajstić information content (AvgIpc) is 2.98. The van der Waals surface area contributed by atoms with E-state index in [1.165, 1.54) is 12.1 Å². The topological polar surface area (TPSA) is 84.4 Å². The van der Waals surface area contributed by atoms with Crippen LogP contribution < -0.4 is 9.62 Å². The molecule has 0 saturated carbocycles. The molecule has 0 aliphatic carbocycles. The highest BCUT2D eigenvalue weighted by Gasteiger charge is 2.21. The third kappa shape index (κ3) is 3.59. The van der Waals surface area contributed by atoms with Crippen LogP contribution in [-0.2, 0) is 14.8 Å². The van der Waals surface area contributed by atoms with Gasteiger partial charge in [0, 0.05) is 24.6 Å². The molecule has 7 nitrogen and oxygen atoms in total. The van der Waals surface area contributed by atoms with E-state index in [-0.39, 0.29) is 10.0 Å². The lowest BCUT2D eigenvalue weighted by molar-refractivity contribution is 0.122. The van der Waals surface area contributed by atoms with E-state index in [0.29, 0.717) is 37.8 Å². The first-order valence-corrected chi connectivity index (χ1v) is 9.17. The molecule has 0 radical (unpaired) electrons. The Bertz CT molecular complexity index is 803. The number of anilines is 2. The van der Waals surface area contributed by atoms with Gasteiger partial charge in [-0.25, -0.2) is 12.8 Å². The molecule has 2 heterocycles. The zero-order valence-electron chi connectivity index (χ0n) is 12.3. The first-order valence-electron chi connectivity index (χ1n) is 6.91. The molecule has 1 fully saturated rings. The number of nitrogens with zero attached hydrogens (tertiary/aromatic N) is 3. The lowest BCUT2D eigenvalue weighted by Crippen LogP contribution is -2.36. The van der Waals surface area contributed by atoms with E-state index in [9.17, 15) is 12.8 Å².